The molecule has 0 aliphatic rings. The molecule has 0 amide bonds. The Morgan fingerprint density at radius 1 is 1.07 bits per heavy atom. The van der Waals surface area contributed by atoms with Crippen molar-refractivity contribution in [2.45, 2.75) is 39.7 Å². The molecule has 2 aromatic heterocycles. The monoisotopic (exact) mass is 399 g/mol. The standard InChI is InChI=1S/C25H25N3O2/c1-16-15-17(2)26-25(30)20(16)13-14-23(29)24-21-11-7-8-12-22(21)28(27-24)18(3)19-9-5-4-6-10-19/h4-12,15,18H,13-14H2,1-3H3,(H,26,30). The predicted octanol–water partition coefficient (Wildman–Crippen LogP) is 4.77. The van der Waals surface area contributed by atoms with Gasteiger partial charge in [0.05, 0.1) is 11.6 Å². The fourth-order valence-corrected chi connectivity index (χ4v) is 4.01. The smallest absolute Gasteiger partial charge is 0.251 e. The van der Waals surface area contributed by atoms with Crippen LogP contribution in [-0.4, -0.2) is 20.5 Å². The third-order valence-corrected chi connectivity index (χ3v) is 5.62. The number of nitrogens with one attached hydrogen (secondary N) is 1. The van der Waals surface area contributed by atoms with E-state index in [9.17, 15) is 9.59 Å². The zero-order valence-corrected chi connectivity index (χ0v) is 17.5. The minimum absolute atomic E-state index is 0.000151. The van der Waals surface area contributed by atoms with Crippen LogP contribution in [0.25, 0.3) is 10.9 Å². The molecule has 0 saturated heterocycles. The molecule has 0 fully saturated rings. The second kappa shape index (κ2) is 8.11. The lowest BCUT2D eigenvalue weighted by molar-refractivity contribution is 0.0978. The van der Waals surface area contributed by atoms with Crippen LogP contribution in [-0.2, 0) is 6.42 Å². The van der Waals surface area contributed by atoms with Crippen molar-refractivity contribution in [3.05, 3.63) is 99.1 Å². The lowest BCUT2D eigenvalue weighted by Crippen LogP contribution is -2.17. The number of nitrogens with zero attached hydrogens (tertiary/aromatic N) is 2. The molecule has 5 nitrogen and oxygen atoms in total. The Bertz CT molecular complexity index is 1270. The molecule has 0 radical (unpaired) electrons. The van der Waals surface area contributed by atoms with Gasteiger partial charge in [-0.1, -0.05) is 48.5 Å². The molecule has 4 aromatic rings. The number of fused-ring (bicyclic) bond motifs is 1. The molecular formula is C25H25N3O2. The SMILES string of the molecule is Cc1cc(C)c(CCC(=O)c2nn(C(C)c3ccccc3)c3ccccc23)c(=O)[nH]1. The molecule has 0 aliphatic carbocycles. The number of carbonyl (C=O) groups excluding carboxylic acids is 1. The number of aromatic nitrogens is 3. The number of carbonyl (C=O) groups is 1. The minimum atomic E-state index is -0.117. The van der Waals surface area contributed by atoms with E-state index >= 15 is 0 Å². The number of H-pyrrole nitrogens is 1. The Morgan fingerprint density at radius 2 is 1.77 bits per heavy atom. The highest BCUT2D eigenvalue weighted by atomic mass is 16.1. The van der Waals surface area contributed by atoms with E-state index in [1.54, 1.807) is 0 Å². The maximum Gasteiger partial charge on any atom is 0.251 e. The minimum Gasteiger partial charge on any atom is -0.326 e. The van der Waals surface area contributed by atoms with E-state index in [-0.39, 0.29) is 23.8 Å². The predicted molar refractivity (Wildman–Crippen MR) is 119 cm³/mol. The van der Waals surface area contributed by atoms with Crippen LogP contribution in [0.2, 0.25) is 0 Å². The zero-order chi connectivity index (χ0) is 21.3. The third-order valence-electron chi connectivity index (χ3n) is 5.62. The van der Waals surface area contributed by atoms with Crippen molar-refractivity contribution >= 4 is 16.7 Å². The second-order valence-electron chi connectivity index (χ2n) is 7.76. The Balaban J connectivity index is 1.66. The normalized spacial score (nSPS) is 12.2. The molecule has 152 valence electrons. The summed E-state index contributed by atoms with van der Waals surface area (Å²) in [6, 6.07) is 19.9. The fourth-order valence-electron chi connectivity index (χ4n) is 4.01. The first-order chi connectivity index (χ1) is 14.5. The lowest BCUT2D eigenvalue weighted by Gasteiger charge is -2.13. The summed E-state index contributed by atoms with van der Waals surface area (Å²) in [4.78, 5) is 28.2. The Hall–Kier alpha value is -3.47. The number of hydrogen-bond acceptors (Lipinski definition) is 3. The largest absolute Gasteiger partial charge is 0.326 e. The summed E-state index contributed by atoms with van der Waals surface area (Å²) in [5.74, 6) is -0.0513. The van der Waals surface area contributed by atoms with Gasteiger partial charge in [-0.25, -0.2) is 0 Å². The van der Waals surface area contributed by atoms with Gasteiger partial charge in [0, 0.05) is 23.1 Å². The van der Waals surface area contributed by atoms with Gasteiger partial charge in [0.25, 0.3) is 5.56 Å². The number of rotatable bonds is 6. The molecule has 1 atom stereocenters. The number of benzene rings is 2. The number of aryl methyl sites for hydroxylation is 2. The molecule has 5 heteroatoms. The third kappa shape index (κ3) is 3.71. The van der Waals surface area contributed by atoms with Gasteiger partial charge in [-0.05, 0) is 50.5 Å². The Labute approximate surface area is 175 Å². The summed E-state index contributed by atoms with van der Waals surface area (Å²) < 4.78 is 1.92. The van der Waals surface area contributed by atoms with Crippen molar-refractivity contribution in [1.82, 2.24) is 14.8 Å². The summed E-state index contributed by atoms with van der Waals surface area (Å²) >= 11 is 0. The summed E-state index contributed by atoms with van der Waals surface area (Å²) in [7, 11) is 0. The zero-order valence-electron chi connectivity index (χ0n) is 17.5. The van der Waals surface area contributed by atoms with Gasteiger partial charge in [-0.15, -0.1) is 0 Å². The van der Waals surface area contributed by atoms with Gasteiger partial charge < -0.3 is 4.98 Å². The molecular weight excluding hydrogens is 374 g/mol. The lowest BCUT2D eigenvalue weighted by atomic mass is 10.0. The van der Waals surface area contributed by atoms with Gasteiger partial charge in [0.15, 0.2) is 5.78 Å². The summed E-state index contributed by atoms with van der Waals surface area (Å²) in [5, 5.41) is 5.57. The average molecular weight is 399 g/mol. The van der Waals surface area contributed by atoms with E-state index in [0.717, 1.165) is 27.7 Å². The molecule has 2 aromatic carbocycles. The summed E-state index contributed by atoms with van der Waals surface area (Å²) in [6.07, 6.45) is 0.642. The number of aromatic amines is 1. The van der Waals surface area contributed by atoms with Crippen LogP contribution < -0.4 is 5.56 Å². The molecule has 0 saturated carbocycles. The van der Waals surface area contributed by atoms with Crippen molar-refractivity contribution in [2.24, 2.45) is 0 Å². The molecule has 0 spiro atoms. The molecule has 1 N–H and O–H groups in total. The van der Waals surface area contributed by atoms with Crippen LogP contribution in [0, 0.1) is 13.8 Å². The molecule has 0 aliphatic heterocycles. The van der Waals surface area contributed by atoms with Crippen LogP contribution in [0.5, 0.6) is 0 Å². The van der Waals surface area contributed by atoms with Crippen LogP contribution in [0.15, 0.2) is 65.5 Å². The van der Waals surface area contributed by atoms with Crippen LogP contribution in [0.1, 0.15) is 52.3 Å². The number of hydrogen-bond donors (Lipinski definition) is 1. The number of para-hydroxylation sites is 1. The first kappa shape index (κ1) is 19.8. The maximum absolute atomic E-state index is 13.1. The molecule has 0 bridgehead atoms. The highest BCUT2D eigenvalue weighted by Crippen LogP contribution is 2.26. The number of Topliss-reactive ketones (excluding diaryl/α,β-unsaturated/α-hetero) is 1. The van der Waals surface area contributed by atoms with E-state index < -0.39 is 0 Å². The molecule has 1 unspecified atom stereocenters. The van der Waals surface area contributed by atoms with Gasteiger partial charge in [0.2, 0.25) is 0 Å². The van der Waals surface area contributed by atoms with Crippen molar-refractivity contribution in [1.29, 1.82) is 0 Å². The van der Waals surface area contributed by atoms with E-state index in [1.807, 2.05) is 67.1 Å². The average Bonchev–Trinajstić information content (AvgIpc) is 3.13. The number of ketones is 1. The topological polar surface area (TPSA) is 67.8 Å². The van der Waals surface area contributed by atoms with Crippen molar-refractivity contribution < 1.29 is 4.79 Å². The number of pyridine rings is 1. The second-order valence-corrected chi connectivity index (χ2v) is 7.76. The summed E-state index contributed by atoms with van der Waals surface area (Å²) in [6.45, 7) is 5.85. The quantitative estimate of drug-likeness (QED) is 0.475. The van der Waals surface area contributed by atoms with Crippen LogP contribution >= 0.6 is 0 Å². The molecule has 4 rings (SSSR count). The van der Waals surface area contributed by atoms with Gasteiger partial charge >= 0.3 is 0 Å². The Morgan fingerprint density at radius 3 is 2.50 bits per heavy atom. The Kier molecular flexibility index (Phi) is 5.36. The molecule has 2 heterocycles. The first-order valence-corrected chi connectivity index (χ1v) is 10.2. The van der Waals surface area contributed by atoms with Gasteiger partial charge in [-0.3, -0.25) is 14.3 Å². The van der Waals surface area contributed by atoms with E-state index in [1.165, 1.54) is 0 Å². The van der Waals surface area contributed by atoms with E-state index in [4.69, 9.17) is 5.10 Å². The van der Waals surface area contributed by atoms with Crippen LogP contribution in [0.3, 0.4) is 0 Å². The van der Waals surface area contributed by atoms with Gasteiger partial charge in [0.1, 0.15) is 5.69 Å². The van der Waals surface area contributed by atoms with Crippen LogP contribution in [0.4, 0.5) is 0 Å². The highest BCUT2D eigenvalue weighted by Gasteiger charge is 2.20. The van der Waals surface area contributed by atoms with Crippen molar-refractivity contribution in [3.8, 4) is 0 Å². The highest BCUT2D eigenvalue weighted by molar-refractivity contribution is 6.06. The fraction of sp³-hybridized carbons (Fsp3) is 0.240. The van der Waals surface area contributed by atoms with E-state index in [2.05, 4.69) is 24.0 Å². The van der Waals surface area contributed by atoms with E-state index in [0.29, 0.717) is 17.7 Å². The summed E-state index contributed by atoms with van der Waals surface area (Å²) in [5.41, 5.74) is 4.82. The van der Waals surface area contributed by atoms with Gasteiger partial charge in [-0.2, -0.15) is 5.10 Å². The van der Waals surface area contributed by atoms with Crippen molar-refractivity contribution in [2.75, 3.05) is 0 Å². The first-order valence-electron chi connectivity index (χ1n) is 10.2. The molecule has 30 heavy (non-hydrogen) atoms. The van der Waals surface area contributed by atoms with Crippen molar-refractivity contribution in [3.63, 3.8) is 0 Å². The maximum atomic E-state index is 13.1.